The summed E-state index contributed by atoms with van der Waals surface area (Å²) in [5, 5.41) is 3.05. The SMILES string of the molecule is C.C.C=C1N[C@@]2(c3cc(OCC4CC4)ccc3F)CO[C@@H](C)C[C@H]2S(=O)(=O)C1(C)C.C=C1N[C@@]2(c3cc(OCC4CC4)ccc3F)CO[C@H](C)C[C@H]2S(=O)(=O)C1(C)C.C[C@@H]1C[C@@H]2[C@](c3cc(OCC4CC4)ccc3F)(CO1)N=C(N)C(C)(C)S2(=O)=O.C[C@H]1C[C@@H]2[C@](c3cc(OCC4CC4)ccc3F)(CO1)N=C(N)C(C)(C)S2(=O)=O.F.FF.FF.FF.FF.FF.FF.FF.FF.FF.FF.FF.FF.FF.FF.FF. The van der Waals surface area contributed by atoms with Gasteiger partial charge in [-0.15, -0.1) is 0 Å². The fraction of sp³-hybridized carbons (Fsp3) is 0.643. The molecule has 0 radical (unpaired) electrons. The third-order valence-electron chi connectivity index (χ3n) is 25.5. The maximum Gasteiger partial charge on any atom is 0.168 e. The van der Waals surface area contributed by atoms with Crippen molar-refractivity contribution in [3.8, 4) is 23.0 Å². The lowest BCUT2D eigenvalue weighted by Crippen LogP contribution is -2.69. The summed E-state index contributed by atoms with van der Waals surface area (Å²) in [6, 6.07) is 18.0. The van der Waals surface area contributed by atoms with E-state index in [0.29, 0.717) is 97.3 Å². The van der Waals surface area contributed by atoms with Crippen molar-refractivity contribution in [3.05, 3.63) is 143 Å². The quantitative estimate of drug-likeness (QED) is 0.0757. The largest absolute Gasteiger partial charge is 0.493 e. The highest BCUT2D eigenvalue weighted by Crippen LogP contribution is 2.54. The Labute approximate surface area is 814 Å². The fourth-order valence-corrected chi connectivity index (χ4v) is 25.8. The van der Waals surface area contributed by atoms with Crippen LogP contribution in [0.15, 0.2) is 107 Å². The maximum atomic E-state index is 15.0. The van der Waals surface area contributed by atoms with Crippen molar-refractivity contribution in [2.45, 2.75) is 262 Å². The van der Waals surface area contributed by atoms with Gasteiger partial charge in [-0.05, 0) is 257 Å². The molecule has 6 N–H and O–H groups in total. The lowest BCUT2D eigenvalue weighted by Gasteiger charge is -2.54. The van der Waals surface area contributed by atoms with Crippen LogP contribution in [0.2, 0.25) is 0 Å². The minimum absolute atomic E-state index is 0. The molecule has 850 valence electrons. The molecule has 8 aliphatic heterocycles. The zero-order valence-electron chi connectivity index (χ0n) is 77.9. The monoisotopic (exact) mass is 2260 g/mol. The number of aliphatic imine (C=N–C) groups is 2. The van der Waals surface area contributed by atoms with E-state index in [9.17, 15) is 42.5 Å². The van der Waals surface area contributed by atoms with Crippen LogP contribution in [0.1, 0.15) is 197 Å². The van der Waals surface area contributed by atoms with Crippen molar-refractivity contribution in [1.82, 2.24) is 10.6 Å². The standard InChI is InChI=1S/2C21H28FNO4S.2C20H27FN2O4S.2CH4.15F2.FH/c2*1-13-9-19-21(12-27-13,23-14(2)20(3,4)28(19,24)25)17-10-16(7-8-18(17)22)26-11-15-5-6-15;2*1-12-8-17-20(11-27-12,23-18(22)19(2,3)28(17,24)25)15-9-14(6-7-16(15)21)26-10-13-4-5-13;;;15*1-2;/h2*7-8,10,13,15,19,23H,2,5-6,9,11-12H2,1,3-4H3;2*6-7,9,12-13,17H,4-5,8,10-11H2,1-3H3,(H2,22,23);2*1H4;;;;;;;;;;;;;;;;1H/t13-,19+,21+;13-,19-,21-;12-,17+,20+;12-,17-,20-;;;;;;;;;;;;;;;;;;/m0101................../s1. The molecule has 8 heterocycles. The zero-order chi connectivity index (χ0) is 111. The number of sulfone groups is 4. The summed E-state index contributed by atoms with van der Waals surface area (Å²) in [5.41, 5.74) is 8.52. The number of fused-ring (bicyclic) bond motifs is 4. The van der Waals surface area contributed by atoms with Gasteiger partial charge in [-0.1, -0.05) is 28.0 Å². The van der Waals surface area contributed by atoms with Crippen molar-refractivity contribution in [3.63, 3.8) is 0 Å². The van der Waals surface area contributed by atoms with E-state index in [1.54, 1.807) is 104 Å². The molecule has 0 aromatic heterocycles. The van der Waals surface area contributed by atoms with Crippen LogP contribution in [0.3, 0.4) is 0 Å². The number of hydrogen-bond donors (Lipinski definition) is 4. The van der Waals surface area contributed by atoms with E-state index in [0.717, 1.165) is 51.4 Å². The van der Waals surface area contributed by atoms with E-state index in [4.69, 9.17) is 187 Å². The molecular weight excluding hydrogens is 2140 g/mol. The van der Waals surface area contributed by atoms with Gasteiger partial charge in [0.05, 0.1) is 98.3 Å². The van der Waals surface area contributed by atoms with Gasteiger partial charge < -0.3 is 60.0 Å². The van der Waals surface area contributed by atoms with Crippen LogP contribution in [0.5, 0.6) is 23.0 Å². The molecular formula is C84H119F35N6O16S4. The van der Waals surface area contributed by atoms with Gasteiger partial charge >= 0.3 is 0 Å². The molecule has 0 spiro atoms. The third kappa shape index (κ3) is 33.6. The van der Waals surface area contributed by atoms with E-state index in [1.165, 1.54) is 24.3 Å². The zero-order valence-corrected chi connectivity index (χ0v) is 81.2. The van der Waals surface area contributed by atoms with Crippen molar-refractivity contribution >= 4 is 51.0 Å². The van der Waals surface area contributed by atoms with E-state index in [1.807, 2.05) is 27.7 Å². The Hall–Kier alpha value is -8.71. The highest BCUT2D eigenvalue weighted by molar-refractivity contribution is 7.95. The number of hydrogen-bond acceptors (Lipinski definition) is 22. The summed E-state index contributed by atoms with van der Waals surface area (Å²) in [7, 11) is -14.8. The van der Waals surface area contributed by atoms with Crippen molar-refractivity contribution in [2.75, 3.05) is 52.9 Å². The highest BCUT2D eigenvalue weighted by atomic mass is 32.2. The van der Waals surface area contributed by atoms with E-state index < -0.39 is 125 Å². The lowest BCUT2D eigenvalue weighted by molar-refractivity contribution is -0.0314. The molecule has 12 aliphatic rings. The maximum absolute atomic E-state index is 15.0. The van der Waals surface area contributed by atoms with Gasteiger partial charge in [-0.2, -0.15) is 0 Å². The van der Waals surface area contributed by atoms with Crippen LogP contribution in [-0.2, 0) is 80.5 Å². The molecule has 6 saturated heterocycles. The van der Waals surface area contributed by atoms with Crippen molar-refractivity contribution < 1.29 is 231 Å². The van der Waals surface area contributed by atoms with Crippen molar-refractivity contribution in [2.24, 2.45) is 45.1 Å². The average Bonchev–Trinajstić information content (AvgIpc) is 1.67. The molecule has 4 aliphatic carbocycles. The molecule has 4 saturated carbocycles. The third-order valence-corrected chi connectivity index (χ3v) is 37.5. The molecule has 4 aromatic rings. The molecule has 16 rings (SSSR count). The second-order valence-corrected chi connectivity index (χ2v) is 45.9. The highest BCUT2D eigenvalue weighted by Gasteiger charge is 2.66. The molecule has 12 atom stereocenters. The Balaban J connectivity index is -0.000000405. The summed E-state index contributed by atoms with van der Waals surface area (Å²) < 4.78 is 449. The number of halogens is 35. The Kier molecular flexibility index (Phi) is 67.6. The number of nitrogens with two attached hydrogens (primary N) is 2. The number of benzene rings is 4. The van der Waals surface area contributed by atoms with Gasteiger partial charge in [0.25, 0.3) is 0 Å². The molecule has 22 nitrogen and oxygen atoms in total. The second-order valence-electron chi connectivity index (χ2n) is 35.2. The lowest BCUT2D eigenvalue weighted by atomic mass is 9.81. The summed E-state index contributed by atoms with van der Waals surface area (Å²) in [5.74, 6) is 2.25. The number of nitrogens with zero attached hydrogens (tertiary/aromatic N) is 2. The molecule has 145 heavy (non-hydrogen) atoms. The van der Waals surface area contributed by atoms with E-state index in [-0.39, 0.29) is 117 Å². The van der Waals surface area contributed by atoms with Gasteiger partial charge in [0.2, 0.25) is 0 Å². The Morgan fingerprint density at radius 3 is 0.724 bits per heavy atom. The first-order chi connectivity index (χ1) is 67.3. The average molecular weight is 2260 g/mol. The normalized spacial score (nSPS) is 26.6. The van der Waals surface area contributed by atoms with Crippen LogP contribution in [0.25, 0.3) is 0 Å². The minimum Gasteiger partial charge on any atom is -0.493 e. The predicted octanol–water partition coefficient (Wildman–Crippen LogP) is 25.7. The van der Waals surface area contributed by atoms with Crippen LogP contribution in [0, 0.1) is 46.9 Å². The summed E-state index contributed by atoms with van der Waals surface area (Å²) in [4.78, 5) is 9.19. The van der Waals surface area contributed by atoms with Gasteiger partial charge in [-0.25, -0.2) is 51.2 Å². The molecule has 61 heteroatoms. The van der Waals surface area contributed by atoms with E-state index in [2.05, 4.69) is 33.8 Å². The van der Waals surface area contributed by atoms with Crippen LogP contribution in [0.4, 0.5) is 159 Å². The number of nitrogens with one attached hydrogen (secondary N) is 2. The molecule has 0 unspecified atom stereocenters. The molecule has 10 fully saturated rings. The number of ether oxygens (including phenoxy) is 8. The first kappa shape index (κ1) is 147. The Bertz CT molecular complexity index is 4640. The van der Waals surface area contributed by atoms with Gasteiger partial charge in [0.1, 0.15) is 99.1 Å². The minimum atomic E-state index is -3.74. The number of rotatable bonds is 16. The first-order valence-electron chi connectivity index (χ1n) is 41.2. The smallest absolute Gasteiger partial charge is 0.168 e. The van der Waals surface area contributed by atoms with Gasteiger partial charge in [0, 0.05) is 171 Å². The summed E-state index contributed by atoms with van der Waals surface area (Å²) >= 11 is 0. The first-order valence-corrected chi connectivity index (χ1v) is 47.4. The fourth-order valence-electron chi connectivity index (χ4n) is 16.3. The summed E-state index contributed by atoms with van der Waals surface area (Å²) in [6.07, 6.45) is 9.22. The van der Waals surface area contributed by atoms with Crippen LogP contribution >= 0.6 is 0 Å². The van der Waals surface area contributed by atoms with Gasteiger partial charge in [0.15, 0.2) is 39.3 Å². The van der Waals surface area contributed by atoms with Crippen LogP contribution < -0.4 is 41.0 Å². The summed E-state index contributed by atoms with van der Waals surface area (Å²) in [6.45, 7) is 30.4. The topological polar surface area (TPSA) is 311 Å². The van der Waals surface area contributed by atoms with E-state index >= 15 is 8.78 Å². The number of amidine groups is 2. The Morgan fingerprint density at radius 1 is 0.324 bits per heavy atom. The Morgan fingerprint density at radius 2 is 0.510 bits per heavy atom. The predicted molar refractivity (Wildman–Crippen MR) is 469 cm³/mol. The molecule has 0 amide bonds. The van der Waals surface area contributed by atoms with Crippen LogP contribution in [-0.4, -0.2) is 163 Å². The second kappa shape index (κ2) is 66.7. The van der Waals surface area contributed by atoms with Crippen molar-refractivity contribution in [1.29, 1.82) is 0 Å². The molecule has 0 bridgehead atoms. The molecule has 4 aromatic carbocycles. The van der Waals surface area contributed by atoms with Gasteiger partial charge in [-0.3, -0.25) is 14.7 Å².